The van der Waals surface area contributed by atoms with Crippen molar-refractivity contribution in [2.24, 2.45) is 11.8 Å². The summed E-state index contributed by atoms with van der Waals surface area (Å²) in [7, 11) is 0. The standard InChI is InChI=1S/C14H17N3O2S/c1-2-8-11(9-3-5-19-12(8)9)16-13(18)10-7-17-4-6-20-14(17)15-10/h4,6-9,11-12H,2-3,5H2,1H3,(H,16,18)/t8-,9+,11-,12-/m1/s1. The van der Waals surface area contributed by atoms with Crippen LogP contribution in [0.15, 0.2) is 17.8 Å². The van der Waals surface area contributed by atoms with Crippen LogP contribution in [0, 0.1) is 11.8 Å². The Morgan fingerprint density at radius 2 is 2.55 bits per heavy atom. The summed E-state index contributed by atoms with van der Waals surface area (Å²) in [6.07, 6.45) is 6.18. The largest absolute Gasteiger partial charge is 0.377 e. The number of hydrogen-bond acceptors (Lipinski definition) is 4. The van der Waals surface area contributed by atoms with Crippen molar-refractivity contribution in [1.29, 1.82) is 0 Å². The second-order valence-electron chi connectivity index (χ2n) is 5.58. The molecule has 4 atom stereocenters. The third kappa shape index (κ3) is 1.71. The number of fused-ring (bicyclic) bond motifs is 2. The van der Waals surface area contributed by atoms with Crippen LogP contribution in [-0.4, -0.2) is 34.0 Å². The van der Waals surface area contributed by atoms with Crippen LogP contribution in [0.3, 0.4) is 0 Å². The summed E-state index contributed by atoms with van der Waals surface area (Å²) in [5.41, 5.74) is 0.508. The third-order valence-electron chi connectivity index (χ3n) is 4.62. The predicted octanol–water partition coefficient (Wildman–Crippen LogP) is 1.94. The van der Waals surface area contributed by atoms with E-state index >= 15 is 0 Å². The molecule has 1 saturated carbocycles. The molecule has 6 heteroatoms. The van der Waals surface area contributed by atoms with E-state index in [0.29, 0.717) is 23.6 Å². The molecule has 0 bridgehead atoms. The molecular formula is C14H17N3O2S. The highest BCUT2D eigenvalue weighted by Crippen LogP contribution is 2.45. The van der Waals surface area contributed by atoms with Gasteiger partial charge in [-0.15, -0.1) is 11.3 Å². The first-order valence-electron chi connectivity index (χ1n) is 7.12. The summed E-state index contributed by atoms with van der Waals surface area (Å²) in [4.78, 5) is 17.6. The molecular weight excluding hydrogens is 274 g/mol. The number of hydrogen-bond donors (Lipinski definition) is 1. The molecule has 2 fully saturated rings. The summed E-state index contributed by atoms with van der Waals surface area (Å²) in [6.45, 7) is 2.99. The number of carbonyl (C=O) groups is 1. The molecule has 0 radical (unpaired) electrons. The minimum absolute atomic E-state index is 0.0605. The van der Waals surface area contributed by atoms with Gasteiger partial charge in [-0.2, -0.15) is 0 Å². The Bertz CT molecular complexity index is 621. The van der Waals surface area contributed by atoms with Crippen molar-refractivity contribution in [2.45, 2.75) is 31.9 Å². The van der Waals surface area contributed by atoms with E-state index < -0.39 is 0 Å². The molecule has 0 unspecified atom stereocenters. The van der Waals surface area contributed by atoms with Crippen LogP contribution in [-0.2, 0) is 4.74 Å². The lowest BCUT2D eigenvalue weighted by molar-refractivity contribution is -0.0545. The van der Waals surface area contributed by atoms with Crippen molar-refractivity contribution in [3.63, 3.8) is 0 Å². The van der Waals surface area contributed by atoms with Gasteiger partial charge in [0.25, 0.3) is 5.91 Å². The van der Waals surface area contributed by atoms with Gasteiger partial charge in [0.05, 0.1) is 6.10 Å². The second-order valence-corrected chi connectivity index (χ2v) is 6.45. The average Bonchev–Trinajstić information content (AvgIpc) is 3.09. The van der Waals surface area contributed by atoms with Crippen molar-refractivity contribution in [3.8, 4) is 0 Å². The predicted molar refractivity (Wildman–Crippen MR) is 76.0 cm³/mol. The maximum absolute atomic E-state index is 12.3. The molecule has 1 saturated heterocycles. The van der Waals surface area contributed by atoms with Crippen molar-refractivity contribution >= 4 is 22.2 Å². The number of thiazole rings is 1. The van der Waals surface area contributed by atoms with E-state index in [-0.39, 0.29) is 11.9 Å². The molecule has 5 nitrogen and oxygen atoms in total. The zero-order chi connectivity index (χ0) is 13.7. The maximum Gasteiger partial charge on any atom is 0.271 e. The Labute approximate surface area is 121 Å². The zero-order valence-corrected chi connectivity index (χ0v) is 12.1. The monoisotopic (exact) mass is 291 g/mol. The molecule has 20 heavy (non-hydrogen) atoms. The van der Waals surface area contributed by atoms with Crippen LogP contribution in [0.2, 0.25) is 0 Å². The van der Waals surface area contributed by atoms with Crippen molar-refractivity contribution in [1.82, 2.24) is 14.7 Å². The van der Waals surface area contributed by atoms with Gasteiger partial charge in [0.2, 0.25) is 0 Å². The maximum atomic E-state index is 12.3. The Morgan fingerprint density at radius 3 is 3.35 bits per heavy atom. The molecule has 1 N–H and O–H groups in total. The number of ether oxygens (including phenoxy) is 1. The summed E-state index contributed by atoms with van der Waals surface area (Å²) in [5, 5.41) is 5.13. The molecule has 0 spiro atoms. The Hall–Kier alpha value is -1.40. The van der Waals surface area contributed by atoms with E-state index in [4.69, 9.17) is 4.74 Å². The lowest BCUT2D eigenvalue weighted by atomic mass is 9.65. The number of amides is 1. The fourth-order valence-electron chi connectivity index (χ4n) is 3.59. The number of carbonyl (C=O) groups excluding carboxylic acids is 1. The minimum atomic E-state index is -0.0605. The number of rotatable bonds is 3. The van der Waals surface area contributed by atoms with Crippen molar-refractivity contribution < 1.29 is 9.53 Å². The summed E-state index contributed by atoms with van der Waals surface area (Å²) >= 11 is 1.54. The van der Waals surface area contributed by atoms with Crippen molar-refractivity contribution in [2.75, 3.05) is 6.61 Å². The van der Waals surface area contributed by atoms with Crippen molar-refractivity contribution in [3.05, 3.63) is 23.5 Å². The van der Waals surface area contributed by atoms with Gasteiger partial charge < -0.3 is 10.1 Å². The highest BCUT2D eigenvalue weighted by atomic mass is 32.1. The number of aromatic nitrogens is 2. The van der Waals surface area contributed by atoms with Crippen LogP contribution in [0.1, 0.15) is 30.3 Å². The van der Waals surface area contributed by atoms with E-state index in [0.717, 1.165) is 24.4 Å². The third-order valence-corrected chi connectivity index (χ3v) is 5.39. The van der Waals surface area contributed by atoms with Gasteiger partial charge in [0.1, 0.15) is 5.69 Å². The summed E-state index contributed by atoms with van der Waals surface area (Å²) in [5.74, 6) is 0.887. The molecule has 2 aromatic heterocycles. The topological polar surface area (TPSA) is 55.6 Å². The van der Waals surface area contributed by atoms with E-state index in [2.05, 4.69) is 17.2 Å². The molecule has 2 aromatic rings. The summed E-state index contributed by atoms with van der Waals surface area (Å²) < 4.78 is 7.63. The molecule has 106 valence electrons. The Morgan fingerprint density at radius 1 is 1.65 bits per heavy atom. The quantitative estimate of drug-likeness (QED) is 0.940. The summed E-state index contributed by atoms with van der Waals surface area (Å²) in [6, 6.07) is 0.250. The second kappa shape index (κ2) is 4.56. The first-order chi connectivity index (χ1) is 9.78. The van der Waals surface area contributed by atoms with Crippen LogP contribution < -0.4 is 5.32 Å². The lowest BCUT2D eigenvalue weighted by Crippen LogP contribution is -2.61. The zero-order valence-electron chi connectivity index (χ0n) is 11.3. The first-order valence-corrected chi connectivity index (χ1v) is 8.00. The van der Waals surface area contributed by atoms with E-state index in [9.17, 15) is 4.79 Å². The SMILES string of the molecule is CC[C@@H]1[C@@H](NC(=O)c2cn3ccsc3n2)[C@@H]2CCO[C@H]12. The molecule has 0 aromatic carbocycles. The van der Waals surface area contributed by atoms with E-state index in [1.807, 2.05) is 16.0 Å². The Balaban J connectivity index is 1.51. The smallest absolute Gasteiger partial charge is 0.271 e. The fraction of sp³-hybridized carbons (Fsp3) is 0.571. The van der Waals surface area contributed by atoms with Gasteiger partial charge >= 0.3 is 0 Å². The molecule has 1 amide bonds. The highest BCUT2D eigenvalue weighted by Gasteiger charge is 2.53. The van der Waals surface area contributed by atoms with E-state index in [1.54, 1.807) is 6.20 Å². The number of nitrogens with zero attached hydrogens (tertiary/aromatic N) is 2. The van der Waals surface area contributed by atoms with Gasteiger partial charge in [-0.25, -0.2) is 4.98 Å². The van der Waals surface area contributed by atoms with Crippen LogP contribution in [0.5, 0.6) is 0 Å². The van der Waals surface area contributed by atoms with Gasteiger partial charge in [-0.05, 0) is 12.8 Å². The van der Waals surface area contributed by atoms with Crippen LogP contribution >= 0.6 is 11.3 Å². The van der Waals surface area contributed by atoms with Gasteiger partial charge in [-0.3, -0.25) is 9.20 Å². The number of nitrogens with one attached hydrogen (secondary N) is 1. The van der Waals surface area contributed by atoms with Crippen LogP contribution in [0.25, 0.3) is 4.96 Å². The average molecular weight is 291 g/mol. The normalized spacial score (nSPS) is 32.0. The van der Waals surface area contributed by atoms with Crippen LogP contribution in [0.4, 0.5) is 0 Å². The fourth-order valence-corrected chi connectivity index (χ4v) is 4.29. The first kappa shape index (κ1) is 12.3. The molecule has 4 rings (SSSR count). The molecule has 2 aliphatic rings. The van der Waals surface area contributed by atoms with Gasteiger partial charge in [0.15, 0.2) is 4.96 Å². The van der Waals surface area contributed by atoms with Gasteiger partial charge in [0, 0.05) is 42.3 Å². The lowest BCUT2D eigenvalue weighted by Gasteiger charge is -2.47. The molecule has 3 heterocycles. The molecule has 1 aliphatic carbocycles. The van der Waals surface area contributed by atoms with Gasteiger partial charge in [-0.1, -0.05) is 6.92 Å². The number of imidazole rings is 1. The minimum Gasteiger partial charge on any atom is -0.377 e. The van der Waals surface area contributed by atoms with E-state index in [1.165, 1.54) is 11.3 Å². The molecule has 1 aliphatic heterocycles. The Kier molecular flexibility index (Phi) is 2.82. The highest BCUT2D eigenvalue weighted by molar-refractivity contribution is 7.15.